The fourth-order valence-electron chi connectivity index (χ4n) is 1.11. The molecule has 0 fully saturated rings. The number of hydrogen-bond donors (Lipinski definition) is 0. The first-order chi connectivity index (χ1) is 7.20. The molecule has 0 aliphatic heterocycles. The third kappa shape index (κ3) is 1.92. The van der Waals surface area contributed by atoms with Crippen molar-refractivity contribution in [1.82, 2.24) is 10.2 Å². The van der Waals surface area contributed by atoms with Gasteiger partial charge in [0.2, 0.25) is 5.89 Å². The molecule has 0 unspecified atom stereocenters. The molecule has 0 aliphatic carbocycles. The lowest BCUT2D eigenvalue weighted by Crippen LogP contribution is -1.88. The molecule has 15 heavy (non-hydrogen) atoms. The van der Waals surface area contributed by atoms with Crippen molar-refractivity contribution in [3.63, 3.8) is 0 Å². The Hall–Kier alpha value is -1.62. The van der Waals surface area contributed by atoms with Crippen LogP contribution in [-0.2, 0) is 0 Å². The molecule has 0 aliphatic rings. The van der Waals surface area contributed by atoms with Gasteiger partial charge in [-0.15, -0.1) is 5.10 Å². The van der Waals surface area contributed by atoms with Crippen molar-refractivity contribution in [2.75, 3.05) is 7.11 Å². The van der Waals surface area contributed by atoms with Gasteiger partial charge in [0.15, 0.2) is 11.6 Å². The first kappa shape index (κ1) is 9.92. The highest BCUT2D eigenvalue weighted by atomic mass is 35.5. The molecular weight excluding hydrogens is 223 g/mol. The highest BCUT2D eigenvalue weighted by Crippen LogP contribution is 2.26. The number of rotatable bonds is 2. The standard InChI is InChI=1S/C9H6ClFN2O2/c1-14-7-4-5(2-3-6(7)11)8-12-13-9(10)15-8/h2-4H,1H3. The van der Waals surface area contributed by atoms with Gasteiger partial charge in [0, 0.05) is 5.56 Å². The SMILES string of the molecule is COc1cc(-c2nnc(Cl)o2)ccc1F. The Kier molecular flexibility index (Phi) is 2.55. The van der Waals surface area contributed by atoms with Gasteiger partial charge < -0.3 is 9.15 Å². The largest absolute Gasteiger partial charge is 0.494 e. The molecule has 2 aromatic rings. The van der Waals surface area contributed by atoms with Crippen LogP contribution in [0.25, 0.3) is 11.5 Å². The first-order valence-electron chi connectivity index (χ1n) is 4.03. The Morgan fingerprint density at radius 3 is 2.80 bits per heavy atom. The Morgan fingerprint density at radius 2 is 2.20 bits per heavy atom. The number of aromatic nitrogens is 2. The third-order valence-corrected chi connectivity index (χ3v) is 1.95. The fourth-order valence-corrected chi connectivity index (χ4v) is 1.23. The summed E-state index contributed by atoms with van der Waals surface area (Å²) in [6, 6.07) is 4.22. The molecule has 0 bridgehead atoms. The predicted molar refractivity (Wildman–Crippen MR) is 51.3 cm³/mol. The van der Waals surface area contributed by atoms with Crippen molar-refractivity contribution >= 4 is 11.6 Å². The molecule has 0 spiro atoms. The van der Waals surface area contributed by atoms with Crippen LogP contribution in [0.3, 0.4) is 0 Å². The minimum Gasteiger partial charge on any atom is -0.494 e. The maximum atomic E-state index is 13.1. The van der Waals surface area contributed by atoms with Crippen LogP contribution in [0, 0.1) is 5.82 Å². The van der Waals surface area contributed by atoms with Crippen LogP contribution in [-0.4, -0.2) is 17.3 Å². The van der Waals surface area contributed by atoms with Crippen molar-refractivity contribution in [3.8, 4) is 17.2 Å². The van der Waals surface area contributed by atoms with Gasteiger partial charge in [-0.1, -0.05) is 5.10 Å². The molecule has 0 atom stereocenters. The monoisotopic (exact) mass is 228 g/mol. The first-order valence-corrected chi connectivity index (χ1v) is 4.41. The number of benzene rings is 1. The predicted octanol–water partition coefficient (Wildman–Crippen LogP) is 2.54. The van der Waals surface area contributed by atoms with E-state index < -0.39 is 5.82 Å². The van der Waals surface area contributed by atoms with E-state index in [0.29, 0.717) is 5.56 Å². The van der Waals surface area contributed by atoms with Crippen LogP contribution in [0.4, 0.5) is 4.39 Å². The average Bonchev–Trinajstić information content (AvgIpc) is 2.66. The second kappa shape index (κ2) is 3.86. The summed E-state index contributed by atoms with van der Waals surface area (Å²) in [6.07, 6.45) is 0. The Labute approximate surface area is 89.6 Å². The minimum absolute atomic E-state index is 0.0618. The van der Waals surface area contributed by atoms with Gasteiger partial charge in [-0.25, -0.2) is 4.39 Å². The smallest absolute Gasteiger partial charge is 0.313 e. The fraction of sp³-hybridized carbons (Fsp3) is 0.111. The van der Waals surface area contributed by atoms with Gasteiger partial charge in [0.05, 0.1) is 7.11 Å². The maximum Gasteiger partial charge on any atom is 0.313 e. The maximum absolute atomic E-state index is 13.1. The van der Waals surface area contributed by atoms with E-state index in [4.69, 9.17) is 20.8 Å². The van der Waals surface area contributed by atoms with E-state index in [1.165, 1.54) is 25.3 Å². The molecule has 0 saturated heterocycles. The van der Waals surface area contributed by atoms with E-state index in [0.717, 1.165) is 0 Å². The molecule has 4 nitrogen and oxygen atoms in total. The molecule has 1 heterocycles. The molecule has 0 N–H and O–H groups in total. The lowest BCUT2D eigenvalue weighted by molar-refractivity contribution is 0.386. The number of methoxy groups -OCH3 is 1. The summed E-state index contributed by atoms with van der Waals surface area (Å²) in [7, 11) is 1.38. The van der Waals surface area contributed by atoms with Crippen molar-refractivity contribution in [2.24, 2.45) is 0 Å². The van der Waals surface area contributed by atoms with Gasteiger partial charge in [-0.05, 0) is 29.8 Å². The minimum atomic E-state index is -0.452. The molecular formula is C9H6ClFN2O2. The van der Waals surface area contributed by atoms with Crippen LogP contribution in [0.1, 0.15) is 0 Å². The zero-order chi connectivity index (χ0) is 10.8. The molecule has 2 rings (SSSR count). The Balaban J connectivity index is 2.45. The zero-order valence-electron chi connectivity index (χ0n) is 7.70. The van der Waals surface area contributed by atoms with Crippen LogP contribution >= 0.6 is 11.6 Å². The number of halogens is 2. The molecule has 6 heteroatoms. The van der Waals surface area contributed by atoms with Crippen molar-refractivity contribution in [3.05, 3.63) is 29.4 Å². The lowest BCUT2D eigenvalue weighted by atomic mass is 10.2. The normalized spacial score (nSPS) is 10.3. The summed E-state index contributed by atoms with van der Waals surface area (Å²) < 4.78 is 22.9. The van der Waals surface area contributed by atoms with Crippen LogP contribution in [0.2, 0.25) is 5.35 Å². The van der Waals surface area contributed by atoms with Crippen molar-refractivity contribution in [2.45, 2.75) is 0 Å². The van der Waals surface area contributed by atoms with E-state index in [2.05, 4.69) is 10.2 Å². The molecule has 1 aromatic heterocycles. The van der Waals surface area contributed by atoms with Gasteiger partial charge in [-0.3, -0.25) is 0 Å². The van der Waals surface area contributed by atoms with E-state index in [1.54, 1.807) is 0 Å². The average molecular weight is 229 g/mol. The number of hydrogen-bond acceptors (Lipinski definition) is 4. The number of nitrogens with zero attached hydrogens (tertiary/aromatic N) is 2. The van der Waals surface area contributed by atoms with Crippen LogP contribution in [0.15, 0.2) is 22.6 Å². The highest BCUT2D eigenvalue weighted by Gasteiger charge is 2.10. The summed E-state index contributed by atoms with van der Waals surface area (Å²) in [6.45, 7) is 0. The van der Waals surface area contributed by atoms with Crippen molar-refractivity contribution < 1.29 is 13.5 Å². The Morgan fingerprint density at radius 1 is 1.40 bits per heavy atom. The zero-order valence-corrected chi connectivity index (χ0v) is 8.45. The van der Waals surface area contributed by atoms with Gasteiger partial charge in [0.1, 0.15) is 0 Å². The van der Waals surface area contributed by atoms with Gasteiger partial charge in [-0.2, -0.15) is 0 Å². The second-order valence-electron chi connectivity index (χ2n) is 2.71. The van der Waals surface area contributed by atoms with E-state index in [-0.39, 0.29) is 17.0 Å². The van der Waals surface area contributed by atoms with Gasteiger partial charge >= 0.3 is 5.35 Å². The van der Waals surface area contributed by atoms with Gasteiger partial charge in [0.25, 0.3) is 0 Å². The lowest BCUT2D eigenvalue weighted by Gasteiger charge is -2.02. The van der Waals surface area contributed by atoms with E-state index in [1.807, 2.05) is 0 Å². The highest BCUT2D eigenvalue weighted by molar-refractivity contribution is 6.27. The molecule has 1 aromatic carbocycles. The van der Waals surface area contributed by atoms with E-state index in [9.17, 15) is 4.39 Å². The summed E-state index contributed by atoms with van der Waals surface area (Å²) in [4.78, 5) is 0. The second-order valence-corrected chi connectivity index (χ2v) is 3.03. The summed E-state index contributed by atoms with van der Waals surface area (Å²) in [5.41, 5.74) is 0.549. The topological polar surface area (TPSA) is 48.2 Å². The summed E-state index contributed by atoms with van der Waals surface area (Å²) >= 11 is 5.47. The number of ether oxygens (including phenoxy) is 1. The molecule has 0 radical (unpaired) electrons. The quantitative estimate of drug-likeness (QED) is 0.793. The molecule has 78 valence electrons. The molecule has 0 saturated carbocycles. The Bertz CT molecular complexity index is 487. The van der Waals surface area contributed by atoms with Crippen LogP contribution < -0.4 is 4.74 Å². The van der Waals surface area contributed by atoms with Crippen molar-refractivity contribution in [1.29, 1.82) is 0 Å². The third-order valence-electron chi connectivity index (χ3n) is 1.80. The van der Waals surface area contributed by atoms with Crippen LogP contribution in [0.5, 0.6) is 5.75 Å². The van der Waals surface area contributed by atoms with E-state index >= 15 is 0 Å². The summed E-state index contributed by atoms with van der Waals surface area (Å²) in [5.74, 6) is -0.119. The molecule has 0 amide bonds. The summed E-state index contributed by atoms with van der Waals surface area (Å²) in [5, 5.41) is 7.09.